The zero-order valence-electron chi connectivity index (χ0n) is 7.54. The van der Waals surface area contributed by atoms with E-state index in [4.69, 9.17) is 0 Å². The topological polar surface area (TPSA) is 0 Å². The number of rotatable bonds is 2. The van der Waals surface area contributed by atoms with Gasteiger partial charge in [-0.1, -0.05) is 0 Å². The van der Waals surface area contributed by atoms with Crippen LogP contribution in [0, 0.1) is 0 Å². The third-order valence-corrected chi connectivity index (χ3v) is 1.46. The largest absolute Gasteiger partial charge is 0.460 e. The molecule has 0 radical (unpaired) electrons. The van der Waals surface area contributed by atoms with Crippen LogP contribution < -0.4 is 0 Å². The first-order chi connectivity index (χ1) is 7.57. The van der Waals surface area contributed by atoms with Crippen molar-refractivity contribution in [2.75, 3.05) is 0 Å². The zero-order valence-corrected chi connectivity index (χ0v) is 7.54. The number of hydrogen-bond acceptors (Lipinski definition) is 0. The molecule has 0 aliphatic carbocycles. The molecule has 0 amide bonds. The van der Waals surface area contributed by atoms with Gasteiger partial charge in [0, 0.05) is 0 Å². The third-order valence-electron chi connectivity index (χ3n) is 1.46. The molecular weight excluding hydrogens is 300 g/mol. The van der Waals surface area contributed by atoms with Crippen LogP contribution in [0.15, 0.2) is 11.7 Å². The molecule has 0 aliphatic rings. The molecule has 0 N–H and O–H groups in total. The predicted octanol–water partition coefficient (Wildman–Crippen LogP) is 4.53. The molecule has 0 unspecified atom stereocenters. The van der Waals surface area contributed by atoms with Gasteiger partial charge in [0.1, 0.15) is 0 Å². The summed E-state index contributed by atoms with van der Waals surface area (Å²) in [5, 5.41) is 0. The fourth-order valence-corrected chi connectivity index (χ4v) is 0.525. The summed E-state index contributed by atoms with van der Waals surface area (Å²) in [5.41, 5.74) is 0. The maximum atomic E-state index is 12.2. The minimum atomic E-state index is -6.86. The van der Waals surface area contributed by atoms with E-state index in [9.17, 15) is 52.7 Å². The van der Waals surface area contributed by atoms with Gasteiger partial charge in [0.15, 0.2) is 0 Å². The van der Waals surface area contributed by atoms with E-state index in [-0.39, 0.29) is 0 Å². The average molecular weight is 300 g/mol. The Morgan fingerprint density at radius 1 is 0.444 bits per heavy atom. The minimum absolute atomic E-state index is 4.54. The van der Waals surface area contributed by atoms with E-state index >= 15 is 0 Å². The van der Waals surface area contributed by atoms with Crippen LogP contribution in [0.2, 0.25) is 0 Å². The molecule has 0 aliphatic heterocycles. The van der Waals surface area contributed by atoms with Gasteiger partial charge in [-0.3, -0.25) is 0 Å². The van der Waals surface area contributed by atoms with E-state index in [0.29, 0.717) is 0 Å². The number of halogens is 12. The number of allylic oxidation sites excluding steroid dienone is 2. The lowest BCUT2D eigenvalue weighted by atomic mass is 10.2. The van der Waals surface area contributed by atoms with Crippen LogP contribution in [0.5, 0.6) is 0 Å². The summed E-state index contributed by atoms with van der Waals surface area (Å²) in [7, 11) is 0. The smallest absolute Gasteiger partial charge is 0.202 e. The molecule has 0 saturated carbocycles. The standard InChI is InChI=1S/C6F12/c7-1(3(9,10)5(13,14)15)2(8)4(11,12)6(16,17)18/b2-1+. The van der Waals surface area contributed by atoms with Gasteiger partial charge in [-0.25, -0.2) is 8.78 Å². The van der Waals surface area contributed by atoms with Crippen LogP contribution in [-0.4, -0.2) is 24.2 Å². The molecule has 108 valence electrons. The molecule has 18 heavy (non-hydrogen) atoms. The van der Waals surface area contributed by atoms with Crippen molar-refractivity contribution in [1.82, 2.24) is 0 Å². The van der Waals surface area contributed by atoms with Gasteiger partial charge < -0.3 is 0 Å². The molecule has 0 aromatic rings. The average Bonchev–Trinajstić information content (AvgIpc) is 2.11. The summed E-state index contributed by atoms with van der Waals surface area (Å²) in [6.45, 7) is 0. The highest BCUT2D eigenvalue weighted by Gasteiger charge is 2.68. The van der Waals surface area contributed by atoms with Gasteiger partial charge in [0.25, 0.3) is 0 Å². The van der Waals surface area contributed by atoms with Crippen LogP contribution in [0.3, 0.4) is 0 Å². The highest BCUT2D eigenvalue weighted by Crippen LogP contribution is 2.49. The van der Waals surface area contributed by atoms with E-state index in [2.05, 4.69) is 0 Å². The summed E-state index contributed by atoms with van der Waals surface area (Å²) in [6.07, 6.45) is -13.7. The number of alkyl halides is 10. The molecule has 0 fully saturated rings. The van der Waals surface area contributed by atoms with Crippen molar-refractivity contribution >= 4 is 0 Å². The van der Waals surface area contributed by atoms with Gasteiger partial charge in [0.05, 0.1) is 0 Å². The Morgan fingerprint density at radius 3 is 0.722 bits per heavy atom. The van der Waals surface area contributed by atoms with Crippen molar-refractivity contribution in [3.63, 3.8) is 0 Å². The first-order valence-electron chi connectivity index (χ1n) is 3.52. The summed E-state index contributed by atoms with van der Waals surface area (Å²) in [5.74, 6) is -22.7. The van der Waals surface area contributed by atoms with E-state index in [1.165, 1.54) is 0 Å². The van der Waals surface area contributed by atoms with E-state index in [1.807, 2.05) is 0 Å². The quantitative estimate of drug-likeness (QED) is 0.657. The molecule has 0 saturated heterocycles. The van der Waals surface area contributed by atoms with Crippen molar-refractivity contribution in [3.8, 4) is 0 Å². The summed E-state index contributed by atoms with van der Waals surface area (Å²) in [4.78, 5) is 0. The Labute approximate surface area is 89.9 Å². The zero-order chi connectivity index (χ0) is 15.2. The summed E-state index contributed by atoms with van der Waals surface area (Å²) < 4.78 is 141. The Morgan fingerprint density at radius 2 is 0.611 bits per heavy atom. The Kier molecular flexibility index (Phi) is 3.97. The van der Waals surface area contributed by atoms with Crippen LogP contribution in [0.4, 0.5) is 52.7 Å². The van der Waals surface area contributed by atoms with Crippen molar-refractivity contribution in [1.29, 1.82) is 0 Å². The Bertz CT molecular complexity index is 307. The molecule has 0 nitrogen and oxygen atoms in total. The molecule has 0 rings (SSSR count). The second kappa shape index (κ2) is 4.23. The van der Waals surface area contributed by atoms with Gasteiger partial charge >= 0.3 is 24.2 Å². The normalized spacial score (nSPS) is 16.7. The lowest BCUT2D eigenvalue weighted by Gasteiger charge is -2.22. The minimum Gasteiger partial charge on any atom is -0.202 e. The monoisotopic (exact) mass is 300 g/mol. The second-order valence-corrected chi connectivity index (χ2v) is 2.77. The van der Waals surface area contributed by atoms with Crippen molar-refractivity contribution < 1.29 is 52.7 Å². The highest BCUT2D eigenvalue weighted by atomic mass is 19.4. The van der Waals surface area contributed by atoms with Crippen LogP contribution in [0.25, 0.3) is 0 Å². The molecule has 0 aromatic heterocycles. The van der Waals surface area contributed by atoms with Gasteiger partial charge in [-0.05, 0) is 0 Å². The summed E-state index contributed by atoms with van der Waals surface area (Å²) in [6, 6.07) is 0. The van der Waals surface area contributed by atoms with Crippen molar-refractivity contribution in [2.45, 2.75) is 24.2 Å². The molecule has 0 spiro atoms. The third kappa shape index (κ3) is 2.66. The maximum absolute atomic E-state index is 12.2. The lowest BCUT2D eigenvalue weighted by molar-refractivity contribution is -0.284. The maximum Gasteiger partial charge on any atom is 0.460 e. The molecular formula is C6F12. The second-order valence-electron chi connectivity index (χ2n) is 2.77. The molecule has 0 heterocycles. The molecule has 12 heteroatoms. The molecule has 0 aromatic carbocycles. The van der Waals surface area contributed by atoms with Gasteiger partial charge in [-0.2, -0.15) is 43.9 Å². The van der Waals surface area contributed by atoms with Crippen molar-refractivity contribution in [3.05, 3.63) is 11.7 Å². The molecule has 0 bridgehead atoms. The van der Waals surface area contributed by atoms with Crippen LogP contribution >= 0.6 is 0 Å². The summed E-state index contributed by atoms with van der Waals surface area (Å²) >= 11 is 0. The predicted molar refractivity (Wildman–Crippen MR) is 31.2 cm³/mol. The fraction of sp³-hybridized carbons (Fsp3) is 0.667. The van der Waals surface area contributed by atoms with E-state index < -0.39 is 35.9 Å². The van der Waals surface area contributed by atoms with Crippen LogP contribution in [-0.2, 0) is 0 Å². The van der Waals surface area contributed by atoms with Crippen molar-refractivity contribution in [2.24, 2.45) is 0 Å². The Hall–Kier alpha value is -1.10. The van der Waals surface area contributed by atoms with E-state index in [1.54, 1.807) is 0 Å². The fourth-order valence-electron chi connectivity index (χ4n) is 0.525. The Balaban J connectivity index is 5.81. The number of hydrogen-bond donors (Lipinski definition) is 0. The highest BCUT2D eigenvalue weighted by molar-refractivity contribution is 5.19. The van der Waals surface area contributed by atoms with Gasteiger partial charge in [0.2, 0.25) is 11.7 Å². The first-order valence-corrected chi connectivity index (χ1v) is 3.52. The lowest BCUT2D eigenvalue weighted by Crippen LogP contribution is -2.42. The van der Waals surface area contributed by atoms with E-state index in [0.717, 1.165) is 0 Å². The van der Waals surface area contributed by atoms with Gasteiger partial charge in [-0.15, -0.1) is 0 Å². The van der Waals surface area contributed by atoms with Crippen LogP contribution in [0.1, 0.15) is 0 Å². The SMILES string of the molecule is F/C(=C(/F)C(F)(F)C(F)(F)F)C(F)(F)C(F)(F)F. The molecule has 0 atom stereocenters. The first kappa shape index (κ1) is 16.9.